The average molecular weight is 421 g/mol. The summed E-state index contributed by atoms with van der Waals surface area (Å²) in [6.45, 7) is 12.7. The van der Waals surface area contributed by atoms with E-state index in [1.807, 2.05) is 0 Å². The second kappa shape index (κ2) is 7.13. The van der Waals surface area contributed by atoms with E-state index in [9.17, 15) is 0 Å². The molecule has 166 valence electrons. The summed E-state index contributed by atoms with van der Waals surface area (Å²) in [5.41, 5.74) is 1.15. The van der Waals surface area contributed by atoms with Gasteiger partial charge in [0.15, 0.2) is 0 Å². The zero-order valence-corrected chi connectivity index (χ0v) is 20.4. The third-order valence-electron chi connectivity index (χ3n) is 11.2. The first-order chi connectivity index (χ1) is 13.7. The number of fused-ring (bicyclic) bond motifs is 4. The monoisotopic (exact) mass is 420 g/mol. The van der Waals surface area contributed by atoms with Crippen molar-refractivity contribution in [3.8, 4) is 0 Å². The summed E-state index contributed by atoms with van der Waals surface area (Å²) in [6, 6.07) is 0. The smallest absolute Gasteiger partial charge is 0.102 e. The molecule has 0 unspecified atom stereocenters. The molecule has 0 aromatic carbocycles. The van der Waals surface area contributed by atoms with Crippen LogP contribution in [-0.2, 0) is 4.74 Å². The van der Waals surface area contributed by atoms with E-state index in [2.05, 4.69) is 34.6 Å². The van der Waals surface area contributed by atoms with E-state index in [1.165, 1.54) is 64.2 Å². The van der Waals surface area contributed by atoms with E-state index in [1.54, 1.807) is 0 Å². The molecule has 4 aliphatic carbocycles. The van der Waals surface area contributed by atoms with Gasteiger partial charge in [0.1, 0.15) is 5.60 Å². The van der Waals surface area contributed by atoms with E-state index in [4.69, 9.17) is 16.3 Å². The first kappa shape index (κ1) is 21.1. The highest BCUT2D eigenvalue weighted by atomic mass is 35.5. The van der Waals surface area contributed by atoms with Crippen molar-refractivity contribution in [3.63, 3.8) is 0 Å². The molecule has 1 heterocycles. The van der Waals surface area contributed by atoms with Crippen molar-refractivity contribution in [3.05, 3.63) is 0 Å². The molecule has 5 rings (SSSR count). The zero-order valence-electron chi connectivity index (χ0n) is 19.7. The van der Waals surface area contributed by atoms with Gasteiger partial charge in [0.25, 0.3) is 0 Å². The normalized spacial score (nSPS) is 54.3. The van der Waals surface area contributed by atoms with Crippen LogP contribution in [0.3, 0.4) is 0 Å². The number of alkyl halides is 1. The maximum Gasteiger partial charge on any atom is 0.102 e. The molecule has 1 saturated heterocycles. The van der Waals surface area contributed by atoms with Crippen molar-refractivity contribution in [2.75, 3.05) is 0 Å². The molecular formula is C27H45ClO. The first-order valence-corrected chi connectivity index (χ1v) is 13.5. The maximum atomic E-state index is 6.64. The van der Waals surface area contributed by atoms with Gasteiger partial charge in [-0.25, -0.2) is 0 Å². The summed E-state index contributed by atoms with van der Waals surface area (Å²) >= 11 is 6.64. The van der Waals surface area contributed by atoms with Gasteiger partial charge in [-0.05, 0) is 92.3 Å². The van der Waals surface area contributed by atoms with Gasteiger partial charge in [0.2, 0.25) is 0 Å². The van der Waals surface area contributed by atoms with Gasteiger partial charge in [0.05, 0.1) is 6.10 Å². The molecule has 4 saturated carbocycles. The van der Waals surface area contributed by atoms with E-state index in [0.717, 1.165) is 41.9 Å². The summed E-state index contributed by atoms with van der Waals surface area (Å²) in [5, 5.41) is 0.348. The zero-order chi connectivity index (χ0) is 20.6. The quantitative estimate of drug-likeness (QED) is 0.325. The van der Waals surface area contributed by atoms with Gasteiger partial charge in [-0.15, -0.1) is 11.6 Å². The van der Waals surface area contributed by atoms with Gasteiger partial charge >= 0.3 is 0 Å². The van der Waals surface area contributed by atoms with Gasteiger partial charge in [-0.3, -0.25) is 0 Å². The lowest BCUT2D eigenvalue weighted by atomic mass is 9.44. The van der Waals surface area contributed by atoms with Gasteiger partial charge in [0, 0.05) is 10.8 Å². The Balaban J connectivity index is 1.33. The Kier molecular flexibility index (Phi) is 5.19. The molecule has 0 N–H and O–H groups in total. The van der Waals surface area contributed by atoms with Crippen LogP contribution in [0.5, 0.6) is 0 Å². The molecule has 0 bridgehead atoms. The fraction of sp³-hybridized carbons (Fsp3) is 1.00. The van der Waals surface area contributed by atoms with Crippen LogP contribution in [0, 0.1) is 46.3 Å². The second-order valence-electron chi connectivity index (χ2n) is 12.9. The van der Waals surface area contributed by atoms with Crippen LogP contribution in [0.2, 0.25) is 0 Å². The summed E-state index contributed by atoms with van der Waals surface area (Å²) < 4.78 is 6.58. The Morgan fingerprint density at radius 3 is 2.52 bits per heavy atom. The largest absolute Gasteiger partial charge is 0.365 e. The van der Waals surface area contributed by atoms with Gasteiger partial charge in [-0.1, -0.05) is 53.9 Å². The lowest BCUT2D eigenvalue weighted by Crippen LogP contribution is -2.58. The molecule has 1 nitrogen and oxygen atoms in total. The maximum absolute atomic E-state index is 6.64. The van der Waals surface area contributed by atoms with Crippen molar-refractivity contribution in [1.29, 1.82) is 0 Å². The first-order valence-electron chi connectivity index (χ1n) is 13.0. The fourth-order valence-corrected chi connectivity index (χ4v) is 9.99. The molecule has 2 heteroatoms. The third-order valence-corrected chi connectivity index (χ3v) is 11.6. The second-order valence-corrected chi connectivity index (χ2v) is 13.5. The minimum atomic E-state index is 0.161. The van der Waals surface area contributed by atoms with Crippen LogP contribution in [-0.4, -0.2) is 17.1 Å². The van der Waals surface area contributed by atoms with E-state index in [0.29, 0.717) is 22.3 Å². The molecule has 5 aliphatic rings. The summed E-state index contributed by atoms with van der Waals surface area (Å²) in [7, 11) is 0. The number of epoxide rings is 1. The SMILES string of the molecule is CC(C)CCC[C@@H](C)[C@H]1CC[C@H]2[C@@H]3C[C@@H]4O[C@@]45C[C@@H](Cl)CC[C@]5(C)[C@H]3CC[C@]12C. The van der Waals surface area contributed by atoms with Crippen molar-refractivity contribution >= 4 is 11.6 Å². The Morgan fingerprint density at radius 1 is 0.966 bits per heavy atom. The Hall–Kier alpha value is 0.250. The molecule has 1 spiro atoms. The van der Waals surface area contributed by atoms with Crippen molar-refractivity contribution in [2.45, 2.75) is 122 Å². The van der Waals surface area contributed by atoms with Crippen molar-refractivity contribution < 1.29 is 4.74 Å². The predicted molar refractivity (Wildman–Crippen MR) is 122 cm³/mol. The van der Waals surface area contributed by atoms with Crippen molar-refractivity contribution in [1.82, 2.24) is 0 Å². The van der Waals surface area contributed by atoms with Crippen LogP contribution < -0.4 is 0 Å². The Morgan fingerprint density at radius 2 is 1.76 bits per heavy atom. The summed E-state index contributed by atoms with van der Waals surface area (Å²) in [5.74, 6) is 5.47. The summed E-state index contributed by atoms with van der Waals surface area (Å²) in [6.07, 6.45) is 15.7. The summed E-state index contributed by atoms with van der Waals surface area (Å²) in [4.78, 5) is 0. The van der Waals surface area contributed by atoms with Crippen LogP contribution in [0.1, 0.15) is 105 Å². The highest BCUT2D eigenvalue weighted by Gasteiger charge is 2.75. The molecule has 0 radical (unpaired) electrons. The molecule has 0 amide bonds. The number of rotatable bonds is 5. The topological polar surface area (TPSA) is 12.5 Å². The minimum absolute atomic E-state index is 0.161. The standard InChI is InChI=1S/C27H45ClO/c1-17(2)7-6-8-18(3)21-9-10-22-20-15-24-27(29-24)16-19(28)11-14-26(27,5)23(20)12-13-25(21,22)4/h17-24H,6-16H2,1-5H3/t18-,19+,20+,21-,22+,23+,24+,25-,26-,27+/m1/s1. The Bertz CT molecular complexity index is 632. The van der Waals surface area contributed by atoms with Gasteiger partial charge in [-0.2, -0.15) is 0 Å². The molecule has 1 aliphatic heterocycles. The lowest BCUT2D eigenvalue weighted by molar-refractivity contribution is -0.0996. The number of ether oxygens (including phenoxy) is 1. The van der Waals surface area contributed by atoms with Crippen LogP contribution >= 0.6 is 11.6 Å². The molecule has 5 fully saturated rings. The predicted octanol–water partition coefficient (Wildman–Crippen LogP) is 7.85. The fourth-order valence-electron chi connectivity index (χ4n) is 9.65. The molecule has 0 aromatic rings. The van der Waals surface area contributed by atoms with E-state index < -0.39 is 0 Å². The van der Waals surface area contributed by atoms with Crippen LogP contribution in [0.25, 0.3) is 0 Å². The highest BCUT2D eigenvalue weighted by molar-refractivity contribution is 6.20. The Labute approximate surface area is 185 Å². The number of hydrogen-bond acceptors (Lipinski definition) is 1. The third kappa shape index (κ3) is 3.02. The van der Waals surface area contributed by atoms with Gasteiger partial charge < -0.3 is 4.74 Å². The van der Waals surface area contributed by atoms with Crippen LogP contribution in [0.15, 0.2) is 0 Å². The minimum Gasteiger partial charge on any atom is -0.365 e. The van der Waals surface area contributed by atoms with E-state index in [-0.39, 0.29) is 5.60 Å². The van der Waals surface area contributed by atoms with E-state index >= 15 is 0 Å². The molecule has 10 atom stereocenters. The number of hydrogen-bond donors (Lipinski definition) is 0. The van der Waals surface area contributed by atoms with Crippen LogP contribution in [0.4, 0.5) is 0 Å². The average Bonchev–Trinajstić information content (AvgIpc) is 3.22. The molecule has 29 heavy (non-hydrogen) atoms. The lowest BCUT2D eigenvalue weighted by Gasteiger charge is -2.59. The molecule has 0 aromatic heterocycles. The van der Waals surface area contributed by atoms with Crippen molar-refractivity contribution in [2.24, 2.45) is 46.3 Å². The molecular weight excluding hydrogens is 376 g/mol. The number of halogens is 1. The highest BCUT2D eigenvalue weighted by Crippen LogP contribution is 2.74.